The Bertz CT molecular complexity index is 116. The van der Waals surface area contributed by atoms with Gasteiger partial charge in [-0.05, 0) is 20.3 Å². The Morgan fingerprint density at radius 3 is 2.08 bits per heavy atom. The largest absolute Gasteiger partial charge is 0.326 e. The molecule has 0 rings (SSSR count). The van der Waals surface area contributed by atoms with Gasteiger partial charge in [0.1, 0.15) is 0 Å². The normalized spacial score (nSPS) is 14.5. The predicted octanol–water partition coefficient (Wildman–Crippen LogP) is 2.41. The highest BCUT2D eigenvalue weighted by atomic mass is 14.8. The lowest BCUT2D eigenvalue weighted by Crippen LogP contribution is -2.50. The summed E-state index contributed by atoms with van der Waals surface area (Å²) in [6.07, 6.45) is 7.58. The summed E-state index contributed by atoms with van der Waals surface area (Å²) < 4.78 is 0. The molecule has 13 heavy (non-hydrogen) atoms. The van der Waals surface area contributed by atoms with Gasteiger partial charge in [0, 0.05) is 11.6 Å². The maximum Gasteiger partial charge on any atom is 0.0250 e. The Labute approximate surface area is 83.1 Å². The molecule has 0 aromatic heterocycles. The molecular formula is C11H26N2. The van der Waals surface area contributed by atoms with E-state index in [4.69, 9.17) is 11.5 Å². The fourth-order valence-corrected chi connectivity index (χ4v) is 1.34. The van der Waals surface area contributed by atoms with Gasteiger partial charge >= 0.3 is 0 Å². The maximum absolute atomic E-state index is 5.94. The zero-order chi connectivity index (χ0) is 10.3. The van der Waals surface area contributed by atoms with Crippen LogP contribution >= 0.6 is 0 Å². The minimum atomic E-state index is -0.218. The van der Waals surface area contributed by atoms with Crippen molar-refractivity contribution >= 4 is 0 Å². The molecule has 0 aliphatic rings. The van der Waals surface area contributed by atoms with Gasteiger partial charge in [0.2, 0.25) is 0 Å². The van der Waals surface area contributed by atoms with Gasteiger partial charge in [-0.2, -0.15) is 0 Å². The van der Waals surface area contributed by atoms with Crippen LogP contribution in [0, 0.1) is 0 Å². The van der Waals surface area contributed by atoms with Gasteiger partial charge in [-0.1, -0.05) is 39.0 Å². The fourth-order valence-electron chi connectivity index (χ4n) is 1.34. The highest BCUT2D eigenvalue weighted by Crippen LogP contribution is 2.12. The van der Waals surface area contributed by atoms with Crippen LogP contribution in [0.3, 0.4) is 0 Å². The molecule has 0 aliphatic carbocycles. The standard InChI is InChI=1S/C11H26N2/c1-4-5-6-7-8-9-10(12)11(2,3)13/h10H,4-9,12-13H2,1-3H3. The summed E-state index contributed by atoms with van der Waals surface area (Å²) in [5.41, 5.74) is 11.6. The van der Waals surface area contributed by atoms with Gasteiger partial charge in [-0.3, -0.25) is 0 Å². The highest BCUT2D eigenvalue weighted by Gasteiger charge is 2.19. The second kappa shape index (κ2) is 6.39. The molecule has 1 unspecified atom stereocenters. The molecule has 0 saturated carbocycles. The van der Waals surface area contributed by atoms with Crippen molar-refractivity contribution < 1.29 is 0 Å². The minimum Gasteiger partial charge on any atom is -0.326 e. The molecule has 0 aliphatic heterocycles. The monoisotopic (exact) mass is 186 g/mol. The van der Waals surface area contributed by atoms with E-state index in [1.165, 1.54) is 32.1 Å². The molecule has 0 fully saturated rings. The van der Waals surface area contributed by atoms with Crippen LogP contribution in [0.2, 0.25) is 0 Å². The first-order valence-electron chi connectivity index (χ1n) is 5.53. The van der Waals surface area contributed by atoms with E-state index in [0.717, 1.165) is 6.42 Å². The third kappa shape index (κ3) is 7.03. The van der Waals surface area contributed by atoms with Crippen LogP contribution in [-0.4, -0.2) is 11.6 Å². The van der Waals surface area contributed by atoms with E-state index in [2.05, 4.69) is 6.92 Å². The highest BCUT2D eigenvalue weighted by molar-refractivity contribution is 4.84. The topological polar surface area (TPSA) is 52.0 Å². The Morgan fingerprint density at radius 2 is 1.62 bits per heavy atom. The summed E-state index contributed by atoms with van der Waals surface area (Å²) in [7, 11) is 0. The Morgan fingerprint density at radius 1 is 1.08 bits per heavy atom. The van der Waals surface area contributed by atoms with E-state index < -0.39 is 0 Å². The Hall–Kier alpha value is -0.0800. The van der Waals surface area contributed by atoms with E-state index in [1.807, 2.05) is 13.8 Å². The van der Waals surface area contributed by atoms with Crippen LogP contribution in [-0.2, 0) is 0 Å². The van der Waals surface area contributed by atoms with Crippen LogP contribution in [0.1, 0.15) is 59.3 Å². The van der Waals surface area contributed by atoms with Gasteiger partial charge in [-0.25, -0.2) is 0 Å². The summed E-state index contributed by atoms with van der Waals surface area (Å²) >= 11 is 0. The average Bonchev–Trinajstić information content (AvgIpc) is 2.02. The third-order valence-electron chi connectivity index (χ3n) is 2.57. The van der Waals surface area contributed by atoms with Gasteiger partial charge in [0.05, 0.1) is 0 Å². The van der Waals surface area contributed by atoms with E-state index in [1.54, 1.807) is 0 Å². The van der Waals surface area contributed by atoms with Crippen molar-refractivity contribution in [1.29, 1.82) is 0 Å². The number of unbranched alkanes of at least 4 members (excludes halogenated alkanes) is 4. The van der Waals surface area contributed by atoms with Gasteiger partial charge in [-0.15, -0.1) is 0 Å². The summed E-state index contributed by atoms with van der Waals surface area (Å²) in [4.78, 5) is 0. The smallest absolute Gasteiger partial charge is 0.0250 e. The van der Waals surface area contributed by atoms with E-state index in [-0.39, 0.29) is 11.6 Å². The van der Waals surface area contributed by atoms with Crippen molar-refractivity contribution in [2.24, 2.45) is 11.5 Å². The van der Waals surface area contributed by atoms with Crippen LogP contribution in [0.15, 0.2) is 0 Å². The van der Waals surface area contributed by atoms with Crippen molar-refractivity contribution in [1.82, 2.24) is 0 Å². The quantitative estimate of drug-likeness (QED) is 0.600. The summed E-state index contributed by atoms with van der Waals surface area (Å²) in [5, 5.41) is 0. The lowest BCUT2D eigenvalue weighted by molar-refractivity contribution is 0.376. The van der Waals surface area contributed by atoms with Gasteiger partial charge < -0.3 is 11.5 Å². The number of rotatable bonds is 7. The second-order valence-electron chi connectivity index (χ2n) is 4.63. The molecule has 1 atom stereocenters. The molecule has 0 aromatic carbocycles. The summed E-state index contributed by atoms with van der Waals surface area (Å²) in [5.74, 6) is 0. The van der Waals surface area contributed by atoms with Crippen LogP contribution in [0.25, 0.3) is 0 Å². The van der Waals surface area contributed by atoms with Gasteiger partial charge in [0.25, 0.3) is 0 Å². The zero-order valence-electron chi connectivity index (χ0n) is 9.47. The van der Waals surface area contributed by atoms with E-state index in [9.17, 15) is 0 Å². The maximum atomic E-state index is 5.94. The number of nitrogens with two attached hydrogens (primary N) is 2. The predicted molar refractivity (Wildman–Crippen MR) is 59.6 cm³/mol. The molecule has 0 heterocycles. The molecule has 0 aromatic rings. The minimum absolute atomic E-state index is 0.147. The molecule has 2 heteroatoms. The first-order valence-corrected chi connectivity index (χ1v) is 5.53. The molecule has 0 bridgehead atoms. The molecule has 0 saturated heterocycles. The van der Waals surface area contributed by atoms with E-state index >= 15 is 0 Å². The van der Waals surface area contributed by atoms with Crippen molar-refractivity contribution in [3.63, 3.8) is 0 Å². The number of hydrogen-bond donors (Lipinski definition) is 2. The Kier molecular flexibility index (Phi) is 6.35. The lowest BCUT2D eigenvalue weighted by Gasteiger charge is -2.26. The third-order valence-corrected chi connectivity index (χ3v) is 2.57. The first-order chi connectivity index (χ1) is 5.98. The molecule has 0 radical (unpaired) electrons. The van der Waals surface area contributed by atoms with Crippen LogP contribution < -0.4 is 11.5 Å². The lowest BCUT2D eigenvalue weighted by atomic mass is 9.92. The van der Waals surface area contributed by atoms with Crippen molar-refractivity contribution in [2.75, 3.05) is 0 Å². The molecule has 0 spiro atoms. The van der Waals surface area contributed by atoms with Crippen molar-refractivity contribution in [3.8, 4) is 0 Å². The number of hydrogen-bond acceptors (Lipinski definition) is 2. The molecule has 4 N–H and O–H groups in total. The first kappa shape index (κ1) is 12.9. The SMILES string of the molecule is CCCCCCCC(N)C(C)(C)N. The van der Waals surface area contributed by atoms with Crippen LogP contribution in [0.4, 0.5) is 0 Å². The molecular weight excluding hydrogens is 160 g/mol. The zero-order valence-corrected chi connectivity index (χ0v) is 9.47. The fraction of sp³-hybridized carbons (Fsp3) is 1.00. The molecule has 0 amide bonds. The molecule has 2 nitrogen and oxygen atoms in total. The van der Waals surface area contributed by atoms with Crippen molar-refractivity contribution in [3.05, 3.63) is 0 Å². The summed E-state index contributed by atoms with van der Waals surface area (Å²) in [6, 6.07) is 0.147. The Balaban J connectivity index is 3.32. The van der Waals surface area contributed by atoms with Gasteiger partial charge in [0.15, 0.2) is 0 Å². The second-order valence-corrected chi connectivity index (χ2v) is 4.63. The van der Waals surface area contributed by atoms with Crippen molar-refractivity contribution in [2.45, 2.75) is 70.9 Å². The average molecular weight is 186 g/mol. The van der Waals surface area contributed by atoms with E-state index in [0.29, 0.717) is 0 Å². The van der Waals surface area contributed by atoms with Crippen LogP contribution in [0.5, 0.6) is 0 Å². The molecule has 80 valence electrons. The summed E-state index contributed by atoms with van der Waals surface area (Å²) in [6.45, 7) is 6.24.